The van der Waals surface area contributed by atoms with Crippen LogP contribution in [0.3, 0.4) is 0 Å². The van der Waals surface area contributed by atoms with Crippen molar-refractivity contribution in [2.75, 3.05) is 13.2 Å². The zero-order chi connectivity index (χ0) is 11.0. The predicted octanol–water partition coefficient (Wildman–Crippen LogP) is 1.54. The van der Waals surface area contributed by atoms with Gasteiger partial charge in [-0.15, -0.1) is 0 Å². The largest absolute Gasteiger partial charge is 0.394 e. The molecule has 0 aliphatic rings. The lowest BCUT2D eigenvalue weighted by Crippen LogP contribution is -2.39. The van der Waals surface area contributed by atoms with Gasteiger partial charge in [-0.1, -0.05) is 27.2 Å². The first kappa shape index (κ1) is 13.9. The summed E-state index contributed by atoms with van der Waals surface area (Å²) < 4.78 is 5.54. The van der Waals surface area contributed by atoms with Crippen molar-refractivity contribution in [1.29, 1.82) is 0 Å². The summed E-state index contributed by atoms with van der Waals surface area (Å²) in [6.07, 6.45) is 2.78. The third kappa shape index (κ3) is 6.35. The second-order valence-corrected chi connectivity index (χ2v) is 4.23. The average molecular weight is 203 g/mol. The van der Waals surface area contributed by atoms with Crippen molar-refractivity contribution in [1.82, 2.24) is 0 Å². The molecule has 0 aromatic carbocycles. The monoisotopic (exact) mass is 203 g/mol. The van der Waals surface area contributed by atoms with Gasteiger partial charge in [0.15, 0.2) is 0 Å². The summed E-state index contributed by atoms with van der Waals surface area (Å²) in [5.74, 6) is 0.636. The highest BCUT2D eigenvalue weighted by Gasteiger charge is 2.16. The van der Waals surface area contributed by atoms with E-state index in [-0.39, 0.29) is 18.8 Å². The van der Waals surface area contributed by atoms with Crippen LogP contribution >= 0.6 is 0 Å². The molecule has 0 rings (SSSR count). The molecule has 0 spiro atoms. The lowest BCUT2D eigenvalue weighted by molar-refractivity contribution is -0.00800. The van der Waals surface area contributed by atoms with Crippen LogP contribution in [0.2, 0.25) is 0 Å². The Balaban J connectivity index is 3.66. The van der Waals surface area contributed by atoms with Crippen molar-refractivity contribution in [3.05, 3.63) is 0 Å². The van der Waals surface area contributed by atoms with Crippen LogP contribution in [0.25, 0.3) is 0 Å². The zero-order valence-electron chi connectivity index (χ0n) is 9.70. The van der Waals surface area contributed by atoms with Gasteiger partial charge in [0.2, 0.25) is 0 Å². The van der Waals surface area contributed by atoms with Gasteiger partial charge >= 0.3 is 0 Å². The number of rotatable bonds is 8. The number of aliphatic hydroxyl groups excluding tert-OH is 1. The molecule has 0 amide bonds. The van der Waals surface area contributed by atoms with E-state index < -0.39 is 0 Å². The van der Waals surface area contributed by atoms with E-state index in [0.717, 1.165) is 19.3 Å². The van der Waals surface area contributed by atoms with E-state index in [2.05, 4.69) is 20.8 Å². The molecule has 0 saturated carbocycles. The number of ether oxygens (including phenoxy) is 1. The Morgan fingerprint density at radius 3 is 2.36 bits per heavy atom. The van der Waals surface area contributed by atoms with Crippen molar-refractivity contribution in [2.45, 2.75) is 52.2 Å². The Morgan fingerprint density at radius 1 is 1.29 bits per heavy atom. The molecule has 0 heterocycles. The van der Waals surface area contributed by atoms with E-state index in [4.69, 9.17) is 15.6 Å². The Bertz CT molecular complexity index is 128. The van der Waals surface area contributed by atoms with Gasteiger partial charge in [0.05, 0.1) is 12.7 Å². The molecule has 0 aliphatic heterocycles. The van der Waals surface area contributed by atoms with Gasteiger partial charge < -0.3 is 15.6 Å². The molecule has 2 atom stereocenters. The predicted molar refractivity (Wildman–Crippen MR) is 59.2 cm³/mol. The Hall–Kier alpha value is -0.120. The number of hydrogen-bond acceptors (Lipinski definition) is 3. The van der Waals surface area contributed by atoms with Crippen LogP contribution in [0, 0.1) is 5.92 Å². The number of nitrogens with two attached hydrogens (primary N) is 1. The first-order chi connectivity index (χ1) is 6.61. The van der Waals surface area contributed by atoms with E-state index in [1.807, 2.05) is 0 Å². The Morgan fingerprint density at radius 2 is 1.93 bits per heavy atom. The maximum absolute atomic E-state index is 9.08. The van der Waals surface area contributed by atoms with Crippen LogP contribution in [0.15, 0.2) is 0 Å². The molecule has 0 aliphatic carbocycles. The third-order valence-corrected chi connectivity index (χ3v) is 2.31. The highest BCUT2D eigenvalue weighted by Crippen LogP contribution is 2.06. The quantitative estimate of drug-likeness (QED) is 0.629. The zero-order valence-corrected chi connectivity index (χ0v) is 9.70. The molecule has 0 radical (unpaired) electrons. The first-order valence-electron chi connectivity index (χ1n) is 5.59. The van der Waals surface area contributed by atoms with Crippen LogP contribution in [-0.2, 0) is 4.74 Å². The third-order valence-electron chi connectivity index (χ3n) is 2.31. The minimum atomic E-state index is -0.186. The van der Waals surface area contributed by atoms with Gasteiger partial charge in [0.1, 0.15) is 0 Å². The Kier molecular flexibility index (Phi) is 8.14. The second kappa shape index (κ2) is 8.21. The maximum atomic E-state index is 9.08. The molecule has 0 fully saturated rings. The molecule has 0 bridgehead atoms. The van der Waals surface area contributed by atoms with Crippen LogP contribution in [0.1, 0.15) is 40.0 Å². The van der Waals surface area contributed by atoms with Crippen LogP contribution in [-0.4, -0.2) is 30.5 Å². The van der Waals surface area contributed by atoms with Gasteiger partial charge in [-0.3, -0.25) is 0 Å². The van der Waals surface area contributed by atoms with Gasteiger partial charge in [-0.05, 0) is 18.8 Å². The Labute approximate surface area is 87.6 Å². The minimum Gasteiger partial charge on any atom is -0.394 e. The summed E-state index contributed by atoms with van der Waals surface area (Å²) in [6.45, 7) is 7.12. The fourth-order valence-electron chi connectivity index (χ4n) is 1.29. The van der Waals surface area contributed by atoms with Gasteiger partial charge in [0, 0.05) is 12.6 Å². The molecular formula is C11H25NO2. The second-order valence-electron chi connectivity index (χ2n) is 4.23. The molecule has 86 valence electrons. The van der Waals surface area contributed by atoms with E-state index in [9.17, 15) is 0 Å². The van der Waals surface area contributed by atoms with E-state index in [1.54, 1.807) is 0 Å². The molecular weight excluding hydrogens is 178 g/mol. The molecule has 3 nitrogen and oxygen atoms in total. The van der Waals surface area contributed by atoms with E-state index in [0.29, 0.717) is 12.5 Å². The average Bonchev–Trinajstić information content (AvgIpc) is 2.12. The molecule has 0 aromatic heterocycles. The normalized spacial score (nSPS) is 15.9. The van der Waals surface area contributed by atoms with Gasteiger partial charge in [-0.25, -0.2) is 0 Å². The molecule has 0 saturated heterocycles. The SMILES string of the molecule is CCCC(N)C(CO)OCCC(C)C. The van der Waals surface area contributed by atoms with Crippen LogP contribution < -0.4 is 5.73 Å². The lowest BCUT2D eigenvalue weighted by Gasteiger charge is -2.22. The molecule has 2 unspecified atom stereocenters. The summed E-state index contributed by atoms with van der Waals surface area (Å²) in [4.78, 5) is 0. The van der Waals surface area contributed by atoms with Crippen LogP contribution in [0.4, 0.5) is 0 Å². The summed E-state index contributed by atoms with van der Waals surface area (Å²) in [5.41, 5.74) is 5.87. The van der Waals surface area contributed by atoms with Gasteiger partial charge in [0.25, 0.3) is 0 Å². The van der Waals surface area contributed by atoms with Crippen molar-refractivity contribution in [3.8, 4) is 0 Å². The summed E-state index contributed by atoms with van der Waals surface area (Å²) in [7, 11) is 0. The lowest BCUT2D eigenvalue weighted by atomic mass is 10.1. The summed E-state index contributed by atoms with van der Waals surface area (Å²) in [5, 5.41) is 9.08. The first-order valence-corrected chi connectivity index (χ1v) is 5.59. The summed E-state index contributed by atoms with van der Waals surface area (Å²) in [6, 6.07) is -0.0304. The standard InChI is InChI=1S/C11H25NO2/c1-4-5-10(12)11(8-13)14-7-6-9(2)3/h9-11,13H,4-8,12H2,1-3H3. The van der Waals surface area contributed by atoms with Crippen molar-refractivity contribution >= 4 is 0 Å². The topological polar surface area (TPSA) is 55.5 Å². The minimum absolute atomic E-state index is 0.0270. The highest BCUT2D eigenvalue weighted by molar-refractivity contribution is 4.72. The molecule has 3 heteroatoms. The summed E-state index contributed by atoms with van der Waals surface area (Å²) >= 11 is 0. The van der Waals surface area contributed by atoms with Gasteiger partial charge in [-0.2, -0.15) is 0 Å². The highest BCUT2D eigenvalue weighted by atomic mass is 16.5. The van der Waals surface area contributed by atoms with Crippen LogP contribution in [0.5, 0.6) is 0 Å². The van der Waals surface area contributed by atoms with E-state index in [1.165, 1.54) is 0 Å². The number of aliphatic hydroxyl groups is 1. The smallest absolute Gasteiger partial charge is 0.0956 e. The van der Waals surface area contributed by atoms with Crippen molar-refractivity contribution in [2.24, 2.45) is 11.7 Å². The van der Waals surface area contributed by atoms with E-state index >= 15 is 0 Å². The number of hydrogen-bond donors (Lipinski definition) is 2. The molecule has 3 N–H and O–H groups in total. The van der Waals surface area contributed by atoms with Crippen molar-refractivity contribution in [3.63, 3.8) is 0 Å². The molecule has 0 aromatic rings. The fraction of sp³-hybridized carbons (Fsp3) is 1.00. The molecule has 14 heavy (non-hydrogen) atoms. The maximum Gasteiger partial charge on any atom is 0.0956 e. The van der Waals surface area contributed by atoms with Crippen molar-refractivity contribution < 1.29 is 9.84 Å². The fourth-order valence-corrected chi connectivity index (χ4v) is 1.29.